The highest BCUT2D eigenvalue weighted by Gasteiger charge is 2.23. The summed E-state index contributed by atoms with van der Waals surface area (Å²) in [5.41, 5.74) is 3.72. The van der Waals surface area contributed by atoms with Gasteiger partial charge in [0.15, 0.2) is 0 Å². The molecule has 1 unspecified atom stereocenters. The number of carbonyl (C=O) groups is 1. The fraction of sp³-hybridized carbons (Fsp3) is 0.333. The van der Waals surface area contributed by atoms with E-state index < -0.39 is 0 Å². The van der Waals surface area contributed by atoms with Crippen molar-refractivity contribution in [3.8, 4) is 5.19 Å². The largest absolute Gasteiger partial charge is 0.473 e. The number of ether oxygens (including phenoxy) is 1. The van der Waals surface area contributed by atoms with Crippen LogP contribution in [-0.2, 0) is 7.05 Å². The molecule has 1 aliphatic heterocycles. The number of rotatable bonds is 4. The van der Waals surface area contributed by atoms with Crippen molar-refractivity contribution in [2.75, 3.05) is 37.0 Å². The Bertz CT molecular complexity index is 1280. The summed E-state index contributed by atoms with van der Waals surface area (Å²) in [5, 5.41) is 11.2. The number of aromatic nitrogens is 4. The first-order valence-corrected chi connectivity index (χ1v) is 10.9. The van der Waals surface area contributed by atoms with Crippen molar-refractivity contribution in [2.45, 2.75) is 13.0 Å². The number of thiazole rings is 1. The van der Waals surface area contributed by atoms with Gasteiger partial charge in [0.2, 0.25) is 0 Å². The lowest BCUT2D eigenvalue weighted by Gasteiger charge is -2.34. The fourth-order valence-electron chi connectivity index (χ4n) is 3.92. The Kier molecular flexibility index (Phi) is 4.95. The number of amides is 1. The third-order valence-electron chi connectivity index (χ3n) is 5.35. The molecule has 4 aromatic rings. The van der Waals surface area contributed by atoms with Crippen LogP contribution in [0.2, 0.25) is 0 Å². The van der Waals surface area contributed by atoms with Gasteiger partial charge in [-0.3, -0.25) is 9.48 Å². The zero-order valence-corrected chi connectivity index (χ0v) is 18.4. The molecule has 3 aromatic heterocycles. The summed E-state index contributed by atoms with van der Waals surface area (Å²) in [5.74, 6) is 0.217. The maximum absolute atomic E-state index is 13.1. The van der Waals surface area contributed by atoms with Crippen molar-refractivity contribution in [2.24, 2.45) is 7.05 Å². The maximum atomic E-state index is 13.1. The molecule has 1 amide bonds. The average molecular weight is 438 g/mol. The fourth-order valence-corrected chi connectivity index (χ4v) is 4.87. The van der Waals surface area contributed by atoms with Crippen LogP contribution in [0.3, 0.4) is 0 Å². The smallest absolute Gasteiger partial charge is 0.274 e. The third kappa shape index (κ3) is 3.68. The molecule has 10 heteroatoms. The number of hydrogen-bond acceptors (Lipinski definition) is 8. The summed E-state index contributed by atoms with van der Waals surface area (Å²) in [6.07, 6.45) is 1.82. The van der Waals surface area contributed by atoms with Crippen LogP contribution in [0.5, 0.6) is 5.19 Å². The summed E-state index contributed by atoms with van der Waals surface area (Å²) < 4.78 is 8.04. The standard InChI is InChI=1S/C21H23N7O2S/c1-12-10-28(9-8-22-12)16-6-4-13(18-19(16)31-21(25-18)30-3)20(29)24-17-7-5-14-15(23-17)11-27(2)26-14/h4-7,11-12,22H,8-10H2,1-3H3,(H,23,24,29). The number of anilines is 2. The molecule has 9 nitrogen and oxygen atoms in total. The molecule has 1 atom stereocenters. The molecule has 0 spiro atoms. The highest BCUT2D eigenvalue weighted by atomic mass is 32.1. The molecule has 1 fully saturated rings. The van der Waals surface area contributed by atoms with E-state index in [4.69, 9.17) is 4.74 Å². The number of hydrogen-bond donors (Lipinski definition) is 2. The van der Waals surface area contributed by atoms with Crippen molar-refractivity contribution in [1.82, 2.24) is 25.1 Å². The monoisotopic (exact) mass is 437 g/mol. The molecule has 0 radical (unpaired) electrons. The van der Waals surface area contributed by atoms with Gasteiger partial charge < -0.3 is 20.3 Å². The van der Waals surface area contributed by atoms with Crippen LogP contribution >= 0.6 is 11.3 Å². The molecule has 1 aromatic carbocycles. The lowest BCUT2D eigenvalue weighted by Crippen LogP contribution is -2.49. The molecule has 0 saturated carbocycles. The van der Waals surface area contributed by atoms with Crippen LogP contribution in [0.1, 0.15) is 17.3 Å². The van der Waals surface area contributed by atoms with Crippen molar-refractivity contribution < 1.29 is 9.53 Å². The quantitative estimate of drug-likeness (QED) is 0.507. The van der Waals surface area contributed by atoms with Crippen molar-refractivity contribution in [1.29, 1.82) is 0 Å². The molecule has 0 bridgehead atoms. The Balaban J connectivity index is 1.50. The Morgan fingerprint density at radius 1 is 1.26 bits per heavy atom. The first kappa shape index (κ1) is 19.7. The Labute approximate surface area is 183 Å². The number of nitrogens with one attached hydrogen (secondary N) is 2. The molecule has 0 aliphatic carbocycles. The molecule has 31 heavy (non-hydrogen) atoms. The normalized spacial score (nSPS) is 16.7. The van der Waals surface area contributed by atoms with E-state index in [9.17, 15) is 4.79 Å². The summed E-state index contributed by atoms with van der Waals surface area (Å²) in [7, 11) is 3.43. The van der Waals surface area contributed by atoms with E-state index >= 15 is 0 Å². The Morgan fingerprint density at radius 2 is 2.13 bits per heavy atom. The highest BCUT2D eigenvalue weighted by molar-refractivity contribution is 7.21. The number of nitrogens with zero attached hydrogens (tertiary/aromatic N) is 5. The number of fused-ring (bicyclic) bond motifs is 2. The van der Waals surface area contributed by atoms with E-state index in [0.29, 0.717) is 28.1 Å². The highest BCUT2D eigenvalue weighted by Crippen LogP contribution is 2.38. The lowest BCUT2D eigenvalue weighted by molar-refractivity contribution is 0.102. The Hall–Kier alpha value is -3.24. The molecule has 160 valence electrons. The minimum atomic E-state index is -0.256. The van der Waals surface area contributed by atoms with E-state index in [2.05, 4.69) is 37.5 Å². The maximum Gasteiger partial charge on any atom is 0.274 e. The molecule has 2 N–H and O–H groups in total. The molecular weight excluding hydrogens is 414 g/mol. The van der Waals surface area contributed by atoms with Gasteiger partial charge in [-0.2, -0.15) is 5.10 Å². The lowest BCUT2D eigenvalue weighted by atomic mass is 10.1. The molecule has 4 heterocycles. The van der Waals surface area contributed by atoms with Gasteiger partial charge in [0.1, 0.15) is 22.4 Å². The average Bonchev–Trinajstić information content (AvgIpc) is 3.35. The number of carbonyl (C=O) groups excluding carboxylic acids is 1. The number of piperazine rings is 1. The summed E-state index contributed by atoms with van der Waals surface area (Å²) >= 11 is 1.46. The van der Waals surface area contributed by atoms with Crippen molar-refractivity contribution >= 4 is 50.0 Å². The molecule has 1 saturated heterocycles. The Morgan fingerprint density at radius 3 is 2.94 bits per heavy atom. The predicted molar refractivity (Wildman–Crippen MR) is 122 cm³/mol. The molecule has 5 rings (SSSR count). The van der Waals surface area contributed by atoms with Crippen molar-refractivity contribution in [3.05, 3.63) is 36.0 Å². The summed E-state index contributed by atoms with van der Waals surface area (Å²) in [6.45, 7) is 4.89. The topological polar surface area (TPSA) is 97.2 Å². The first-order valence-electron chi connectivity index (χ1n) is 10.1. The van der Waals surface area contributed by atoms with E-state index in [1.165, 1.54) is 11.3 Å². The van der Waals surface area contributed by atoms with Gasteiger partial charge in [-0.1, -0.05) is 11.3 Å². The van der Waals surface area contributed by atoms with Crippen LogP contribution in [0, 0.1) is 0 Å². The molecular formula is C21H23N7O2S. The second-order valence-electron chi connectivity index (χ2n) is 7.65. The number of pyridine rings is 1. The minimum Gasteiger partial charge on any atom is -0.473 e. The van der Waals surface area contributed by atoms with Gasteiger partial charge >= 0.3 is 0 Å². The summed E-state index contributed by atoms with van der Waals surface area (Å²) in [4.78, 5) is 24.5. The van der Waals surface area contributed by atoms with E-state index in [1.54, 1.807) is 17.9 Å². The van der Waals surface area contributed by atoms with E-state index in [-0.39, 0.29) is 5.91 Å². The summed E-state index contributed by atoms with van der Waals surface area (Å²) in [6, 6.07) is 7.83. The number of aryl methyl sites for hydroxylation is 1. The van der Waals surface area contributed by atoms with Gasteiger partial charge in [-0.05, 0) is 31.2 Å². The van der Waals surface area contributed by atoms with Gasteiger partial charge in [-0.25, -0.2) is 9.97 Å². The van der Waals surface area contributed by atoms with Gasteiger partial charge in [0.05, 0.1) is 29.3 Å². The van der Waals surface area contributed by atoms with E-state index in [1.807, 2.05) is 31.4 Å². The van der Waals surface area contributed by atoms with Gasteiger partial charge in [0, 0.05) is 32.7 Å². The van der Waals surface area contributed by atoms with Gasteiger partial charge in [0.25, 0.3) is 11.1 Å². The first-order chi connectivity index (χ1) is 15.0. The zero-order valence-electron chi connectivity index (χ0n) is 17.5. The predicted octanol–water partition coefficient (Wildman–Crippen LogP) is 2.64. The van der Waals surface area contributed by atoms with Gasteiger partial charge in [-0.15, -0.1) is 0 Å². The number of benzene rings is 1. The van der Waals surface area contributed by atoms with Crippen LogP contribution in [-0.4, -0.2) is 58.4 Å². The van der Waals surface area contributed by atoms with Crippen LogP contribution in [0.15, 0.2) is 30.5 Å². The van der Waals surface area contributed by atoms with Crippen LogP contribution < -0.4 is 20.3 Å². The minimum absolute atomic E-state index is 0.256. The van der Waals surface area contributed by atoms with E-state index in [0.717, 1.165) is 41.1 Å². The second-order valence-corrected chi connectivity index (χ2v) is 8.61. The molecule has 1 aliphatic rings. The SMILES string of the molecule is COc1nc2c(C(=O)Nc3ccc4nn(C)cc4n3)ccc(N3CCNC(C)C3)c2s1. The van der Waals surface area contributed by atoms with Crippen LogP contribution in [0.25, 0.3) is 21.3 Å². The van der Waals surface area contributed by atoms with Crippen LogP contribution in [0.4, 0.5) is 11.5 Å². The zero-order chi connectivity index (χ0) is 21.5. The van der Waals surface area contributed by atoms with Crippen molar-refractivity contribution in [3.63, 3.8) is 0 Å². The third-order valence-corrected chi connectivity index (χ3v) is 6.39. The number of methoxy groups -OCH3 is 1. The second kappa shape index (κ2) is 7.78.